The van der Waals surface area contributed by atoms with E-state index < -0.39 is 10.0 Å². The van der Waals surface area contributed by atoms with Gasteiger partial charge in [-0.05, 0) is 24.6 Å². The molecule has 108 valence electrons. The topological polar surface area (TPSA) is 91.2 Å². The fraction of sp³-hybridized carbons (Fsp3) is 0.462. The number of rotatable bonds is 4. The Labute approximate surface area is 118 Å². The molecule has 1 aliphatic rings. The van der Waals surface area contributed by atoms with Crippen LogP contribution in [0.4, 0.5) is 0 Å². The zero-order valence-electron chi connectivity index (χ0n) is 11.4. The van der Waals surface area contributed by atoms with Gasteiger partial charge in [0.15, 0.2) is 0 Å². The van der Waals surface area contributed by atoms with Gasteiger partial charge in [-0.2, -0.15) is 5.26 Å². The van der Waals surface area contributed by atoms with Gasteiger partial charge in [0.2, 0.25) is 10.0 Å². The number of benzene rings is 1. The number of ether oxygens (including phenoxy) is 1. The van der Waals surface area contributed by atoms with Crippen LogP contribution in [0, 0.1) is 18.3 Å². The molecule has 1 saturated heterocycles. The Morgan fingerprint density at radius 1 is 1.45 bits per heavy atom. The molecule has 1 unspecified atom stereocenters. The van der Waals surface area contributed by atoms with Gasteiger partial charge >= 0.3 is 0 Å². The third kappa shape index (κ3) is 2.99. The first-order valence-electron chi connectivity index (χ1n) is 6.24. The average Bonchev–Trinajstić information content (AvgIpc) is 2.85. The van der Waals surface area contributed by atoms with E-state index in [1.54, 1.807) is 26.2 Å². The van der Waals surface area contributed by atoms with Crippen LogP contribution in [-0.2, 0) is 14.8 Å². The summed E-state index contributed by atoms with van der Waals surface area (Å²) in [6.45, 7) is 2.84. The largest absolute Gasteiger partial charge is 0.378 e. The third-order valence-electron chi connectivity index (χ3n) is 3.37. The number of nitrogens with zero attached hydrogens (tertiary/aromatic N) is 1. The fourth-order valence-electron chi connectivity index (χ4n) is 2.24. The minimum Gasteiger partial charge on any atom is -0.378 e. The summed E-state index contributed by atoms with van der Waals surface area (Å²) in [5, 5.41) is 12.0. The van der Waals surface area contributed by atoms with Crippen molar-refractivity contribution in [3.05, 3.63) is 29.3 Å². The molecule has 0 saturated carbocycles. The molecule has 20 heavy (non-hydrogen) atoms. The summed E-state index contributed by atoms with van der Waals surface area (Å²) >= 11 is 0. The van der Waals surface area contributed by atoms with Gasteiger partial charge in [0.25, 0.3) is 0 Å². The van der Waals surface area contributed by atoms with Crippen molar-refractivity contribution in [2.45, 2.75) is 24.0 Å². The molecule has 0 spiro atoms. The SMILES string of the molecule is CO[C@H]1CNCC1NS(=O)(=O)c1cc(C#N)ccc1C. The predicted molar refractivity (Wildman–Crippen MR) is 73.7 cm³/mol. The number of hydrogen-bond acceptors (Lipinski definition) is 5. The first-order chi connectivity index (χ1) is 9.47. The second-order valence-electron chi connectivity index (χ2n) is 4.75. The van der Waals surface area contributed by atoms with Gasteiger partial charge in [-0.25, -0.2) is 13.1 Å². The molecule has 6 nitrogen and oxygen atoms in total. The Morgan fingerprint density at radius 2 is 2.20 bits per heavy atom. The van der Waals surface area contributed by atoms with Gasteiger partial charge in [0, 0.05) is 20.2 Å². The zero-order valence-corrected chi connectivity index (χ0v) is 12.2. The van der Waals surface area contributed by atoms with E-state index in [1.807, 2.05) is 6.07 Å². The van der Waals surface area contributed by atoms with Gasteiger partial charge in [0.1, 0.15) is 0 Å². The normalized spacial score (nSPS) is 22.6. The summed E-state index contributed by atoms with van der Waals surface area (Å²) in [7, 11) is -2.12. The van der Waals surface area contributed by atoms with Crippen LogP contribution in [-0.4, -0.2) is 40.8 Å². The predicted octanol–water partition coefficient (Wildman–Crippen LogP) is 0.132. The standard InChI is InChI=1S/C13H17N3O3S/c1-9-3-4-10(6-14)5-13(9)20(17,18)16-11-7-15-8-12(11)19-2/h3-5,11-12,15-16H,7-8H2,1-2H3/t11?,12-/m0/s1. The number of nitrogens with one attached hydrogen (secondary N) is 2. The maximum atomic E-state index is 12.4. The van der Waals surface area contributed by atoms with Crippen molar-refractivity contribution in [3.63, 3.8) is 0 Å². The molecule has 2 N–H and O–H groups in total. The van der Waals surface area contributed by atoms with Crippen LogP contribution in [0.5, 0.6) is 0 Å². The molecule has 1 aromatic carbocycles. The first kappa shape index (κ1) is 14.9. The first-order valence-corrected chi connectivity index (χ1v) is 7.73. The van der Waals surface area contributed by atoms with Gasteiger partial charge in [-0.15, -0.1) is 0 Å². The summed E-state index contributed by atoms with van der Waals surface area (Å²) in [5.74, 6) is 0. The van der Waals surface area contributed by atoms with Gasteiger partial charge in [0.05, 0.1) is 28.7 Å². The van der Waals surface area contributed by atoms with Crippen molar-refractivity contribution >= 4 is 10.0 Å². The molecule has 0 bridgehead atoms. The van der Waals surface area contributed by atoms with E-state index in [9.17, 15) is 8.42 Å². The summed E-state index contributed by atoms with van der Waals surface area (Å²) in [4.78, 5) is 0.137. The Kier molecular flexibility index (Phi) is 4.40. The van der Waals surface area contributed by atoms with Crippen LogP contribution < -0.4 is 10.0 Å². The monoisotopic (exact) mass is 295 g/mol. The second-order valence-corrected chi connectivity index (χ2v) is 6.43. The lowest BCUT2D eigenvalue weighted by Crippen LogP contribution is -2.43. The van der Waals surface area contributed by atoms with E-state index in [0.29, 0.717) is 24.2 Å². The van der Waals surface area contributed by atoms with Crippen LogP contribution in [0.25, 0.3) is 0 Å². The van der Waals surface area contributed by atoms with E-state index in [1.165, 1.54) is 6.07 Å². The van der Waals surface area contributed by atoms with E-state index in [2.05, 4.69) is 10.0 Å². The van der Waals surface area contributed by atoms with Crippen LogP contribution >= 0.6 is 0 Å². The maximum Gasteiger partial charge on any atom is 0.241 e. The molecule has 1 heterocycles. The Morgan fingerprint density at radius 3 is 2.85 bits per heavy atom. The smallest absolute Gasteiger partial charge is 0.241 e. The van der Waals surface area contributed by atoms with Crippen LogP contribution in [0.2, 0.25) is 0 Å². The number of nitriles is 1. The number of methoxy groups -OCH3 is 1. The molecular formula is C13H17N3O3S. The highest BCUT2D eigenvalue weighted by atomic mass is 32.2. The summed E-state index contributed by atoms with van der Waals surface area (Å²) in [6.07, 6.45) is -0.191. The van der Waals surface area contributed by atoms with E-state index in [4.69, 9.17) is 10.00 Å². The molecule has 0 radical (unpaired) electrons. The lowest BCUT2D eigenvalue weighted by atomic mass is 10.2. The van der Waals surface area contributed by atoms with Crippen molar-refractivity contribution in [3.8, 4) is 6.07 Å². The van der Waals surface area contributed by atoms with E-state index in [0.717, 1.165) is 0 Å². The Hall–Kier alpha value is -1.46. The van der Waals surface area contributed by atoms with Crippen LogP contribution in [0.1, 0.15) is 11.1 Å². The molecule has 1 fully saturated rings. The van der Waals surface area contributed by atoms with E-state index in [-0.39, 0.29) is 17.0 Å². The van der Waals surface area contributed by atoms with Crippen molar-refractivity contribution in [1.82, 2.24) is 10.0 Å². The van der Waals surface area contributed by atoms with Gasteiger partial charge in [-0.1, -0.05) is 6.07 Å². The lowest BCUT2D eigenvalue weighted by molar-refractivity contribution is 0.103. The molecule has 0 amide bonds. The maximum absolute atomic E-state index is 12.4. The quantitative estimate of drug-likeness (QED) is 0.824. The number of hydrogen-bond donors (Lipinski definition) is 2. The molecule has 7 heteroatoms. The van der Waals surface area contributed by atoms with Gasteiger partial charge in [-0.3, -0.25) is 0 Å². The second kappa shape index (κ2) is 5.89. The zero-order chi connectivity index (χ0) is 14.8. The summed E-state index contributed by atoms with van der Waals surface area (Å²) in [5.41, 5.74) is 0.931. The van der Waals surface area contributed by atoms with Crippen molar-refractivity contribution in [2.75, 3.05) is 20.2 Å². The number of aryl methyl sites for hydroxylation is 1. The van der Waals surface area contributed by atoms with Crippen molar-refractivity contribution in [1.29, 1.82) is 5.26 Å². The minimum absolute atomic E-state index is 0.137. The minimum atomic E-state index is -3.67. The van der Waals surface area contributed by atoms with Gasteiger partial charge < -0.3 is 10.1 Å². The van der Waals surface area contributed by atoms with Crippen LogP contribution in [0.3, 0.4) is 0 Å². The third-order valence-corrected chi connectivity index (χ3v) is 5.01. The highest BCUT2D eigenvalue weighted by Gasteiger charge is 2.31. The molecule has 2 atom stereocenters. The van der Waals surface area contributed by atoms with Crippen molar-refractivity contribution < 1.29 is 13.2 Å². The molecule has 1 aliphatic heterocycles. The number of sulfonamides is 1. The molecule has 2 rings (SSSR count). The highest BCUT2D eigenvalue weighted by molar-refractivity contribution is 7.89. The Balaban J connectivity index is 2.29. The van der Waals surface area contributed by atoms with E-state index >= 15 is 0 Å². The molecule has 1 aromatic rings. The average molecular weight is 295 g/mol. The van der Waals surface area contributed by atoms with Crippen LogP contribution in [0.15, 0.2) is 23.1 Å². The summed E-state index contributed by atoms with van der Waals surface area (Å²) in [6, 6.07) is 6.27. The molecule has 0 aliphatic carbocycles. The summed E-state index contributed by atoms with van der Waals surface area (Å²) < 4.78 is 32.7. The lowest BCUT2D eigenvalue weighted by Gasteiger charge is -2.19. The fourth-order valence-corrected chi connectivity index (χ4v) is 3.78. The highest BCUT2D eigenvalue weighted by Crippen LogP contribution is 2.18. The Bertz CT molecular complexity index is 637. The molecule has 0 aromatic heterocycles. The van der Waals surface area contributed by atoms with Crippen molar-refractivity contribution in [2.24, 2.45) is 0 Å². The molecular weight excluding hydrogens is 278 g/mol.